The Morgan fingerprint density at radius 2 is 2.13 bits per heavy atom. The van der Waals surface area contributed by atoms with E-state index in [0.29, 0.717) is 11.7 Å². The Morgan fingerprint density at radius 1 is 1.30 bits per heavy atom. The second kappa shape index (κ2) is 5.13. The summed E-state index contributed by atoms with van der Waals surface area (Å²) in [6.07, 6.45) is 7.83. The molecule has 0 aliphatic heterocycles. The van der Waals surface area contributed by atoms with Crippen LogP contribution in [-0.4, -0.2) is 22.5 Å². The molecular formula is C16H18N4O2S. The van der Waals surface area contributed by atoms with Crippen LogP contribution in [0.25, 0.3) is 10.9 Å². The van der Waals surface area contributed by atoms with E-state index in [4.69, 9.17) is 0 Å². The van der Waals surface area contributed by atoms with Gasteiger partial charge in [0.25, 0.3) is 10.0 Å². The van der Waals surface area contributed by atoms with Gasteiger partial charge in [0.2, 0.25) is 0 Å². The molecule has 0 bridgehead atoms. The fourth-order valence-electron chi connectivity index (χ4n) is 2.72. The van der Waals surface area contributed by atoms with Gasteiger partial charge >= 0.3 is 0 Å². The molecule has 23 heavy (non-hydrogen) atoms. The summed E-state index contributed by atoms with van der Waals surface area (Å²) in [6.45, 7) is 0.907. The highest BCUT2D eigenvalue weighted by Crippen LogP contribution is 2.30. The van der Waals surface area contributed by atoms with E-state index < -0.39 is 10.0 Å². The Bertz CT molecular complexity index is 967. The van der Waals surface area contributed by atoms with Gasteiger partial charge in [0, 0.05) is 31.5 Å². The standard InChI is InChI=1S/C16H18N4O2S/c1-19-7-6-13-4-5-14(8-15(13)19)23(21,22)18-16-10-20(11-17-16)9-12-2-3-12/h4-8,10-12,18H,2-3,9H2,1H3. The lowest BCUT2D eigenvalue weighted by Crippen LogP contribution is -2.13. The van der Waals surface area contributed by atoms with Crippen molar-refractivity contribution in [1.29, 1.82) is 0 Å². The van der Waals surface area contributed by atoms with Gasteiger partial charge < -0.3 is 9.13 Å². The Morgan fingerprint density at radius 3 is 2.91 bits per heavy atom. The molecule has 1 aliphatic rings. The molecule has 1 saturated carbocycles. The first-order valence-corrected chi connectivity index (χ1v) is 9.09. The Balaban J connectivity index is 1.60. The Hall–Kier alpha value is -2.28. The first-order chi connectivity index (χ1) is 11.0. The van der Waals surface area contributed by atoms with E-state index in [-0.39, 0.29) is 4.90 Å². The maximum Gasteiger partial charge on any atom is 0.263 e. The summed E-state index contributed by atoms with van der Waals surface area (Å²) in [6, 6.07) is 7.07. The molecule has 6 nitrogen and oxygen atoms in total. The van der Waals surface area contributed by atoms with Crippen molar-refractivity contribution < 1.29 is 8.42 Å². The highest BCUT2D eigenvalue weighted by molar-refractivity contribution is 7.92. The molecule has 0 saturated heterocycles. The number of aryl methyl sites for hydroxylation is 1. The summed E-state index contributed by atoms with van der Waals surface area (Å²) >= 11 is 0. The average Bonchev–Trinajstić information content (AvgIpc) is 3.10. The second-order valence-corrected chi connectivity index (χ2v) is 7.83. The minimum absolute atomic E-state index is 0.239. The van der Waals surface area contributed by atoms with Crippen molar-refractivity contribution in [2.75, 3.05) is 4.72 Å². The molecule has 120 valence electrons. The molecule has 1 N–H and O–H groups in total. The van der Waals surface area contributed by atoms with Crippen LogP contribution in [-0.2, 0) is 23.6 Å². The molecule has 0 amide bonds. The lowest BCUT2D eigenvalue weighted by Gasteiger charge is -2.06. The van der Waals surface area contributed by atoms with Crippen LogP contribution in [0.2, 0.25) is 0 Å². The number of nitrogens with one attached hydrogen (secondary N) is 1. The number of sulfonamides is 1. The zero-order valence-corrected chi connectivity index (χ0v) is 13.6. The maximum absolute atomic E-state index is 12.6. The second-order valence-electron chi connectivity index (χ2n) is 6.15. The third-order valence-electron chi connectivity index (χ3n) is 4.21. The Labute approximate surface area is 134 Å². The third-order valence-corrected chi connectivity index (χ3v) is 5.56. The molecule has 0 unspecified atom stereocenters. The average molecular weight is 330 g/mol. The van der Waals surface area contributed by atoms with Gasteiger partial charge in [0.05, 0.1) is 11.2 Å². The molecule has 0 spiro atoms. The largest absolute Gasteiger partial charge is 0.351 e. The van der Waals surface area contributed by atoms with Crippen molar-refractivity contribution in [3.63, 3.8) is 0 Å². The van der Waals surface area contributed by atoms with Crippen LogP contribution in [0.5, 0.6) is 0 Å². The monoisotopic (exact) mass is 330 g/mol. The van der Waals surface area contributed by atoms with E-state index in [1.807, 2.05) is 34.5 Å². The van der Waals surface area contributed by atoms with Crippen molar-refractivity contribution in [3.8, 4) is 0 Å². The van der Waals surface area contributed by atoms with Crippen LogP contribution in [0, 0.1) is 5.92 Å². The number of imidazole rings is 1. The number of hydrogen-bond acceptors (Lipinski definition) is 3. The molecule has 1 aromatic carbocycles. The topological polar surface area (TPSA) is 68.9 Å². The van der Waals surface area contributed by atoms with Crippen LogP contribution in [0.15, 0.2) is 47.9 Å². The van der Waals surface area contributed by atoms with E-state index in [0.717, 1.165) is 17.4 Å². The van der Waals surface area contributed by atoms with Gasteiger partial charge in [0.1, 0.15) is 0 Å². The summed E-state index contributed by atoms with van der Waals surface area (Å²) in [5.74, 6) is 1.08. The molecule has 0 atom stereocenters. The summed E-state index contributed by atoms with van der Waals surface area (Å²) in [5, 5.41) is 1.01. The molecule has 4 rings (SSSR count). The molecular weight excluding hydrogens is 312 g/mol. The molecule has 2 aromatic heterocycles. The highest BCUT2D eigenvalue weighted by atomic mass is 32.2. The van der Waals surface area contributed by atoms with Crippen LogP contribution in [0.3, 0.4) is 0 Å². The lowest BCUT2D eigenvalue weighted by molar-refractivity contribution is 0.601. The summed E-state index contributed by atoms with van der Waals surface area (Å²) < 4.78 is 31.5. The van der Waals surface area contributed by atoms with E-state index >= 15 is 0 Å². The number of rotatable bonds is 5. The van der Waals surface area contributed by atoms with Crippen molar-refractivity contribution in [2.24, 2.45) is 13.0 Å². The lowest BCUT2D eigenvalue weighted by atomic mass is 10.2. The fourth-order valence-corrected chi connectivity index (χ4v) is 3.73. The molecule has 0 radical (unpaired) electrons. The van der Waals surface area contributed by atoms with E-state index in [2.05, 4.69) is 9.71 Å². The smallest absolute Gasteiger partial charge is 0.263 e. The van der Waals surface area contributed by atoms with Gasteiger partial charge in [-0.1, -0.05) is 6.07 Å². The van der Waals surface area contributed by atoms with Gasteiger partial charge in [-0.2, -0.15) is 0 Å². The fraction of sp³-hybridized carbons (Fsp3) is 0.312. The first-order valence-electron chi connectivity index (χ1n) is 7.61. The highest BCUT2D eigenvalue weighted by Gasteiger charge is 2.22. The van der Waals surface area contributed by atoms with Crippen molar-refractivity contribution in [2.45, 2.75) is 24.3 Å². The van der Waals surface area contributed by atoms with E-state index in [1.165, 1.54) is 12.8 Å². The normalized spacial score (nSPS) is 15.2. The zero-order valence-electron chi connectivity index (χ0n) is 12.8. The molecule has 1 fully saturated rings. The van der Waals surface area contributed by atoms with Gasteiger partial charge in [-0.3, -0.25) is 4.72 Å². The third kappa shape index (κ3) is 2.84. The van der Waals surface area contributed by atoms with Crippen molar-refractivity contribution >= 4 is 26.7 Å². The number of nitrogens with zero attached hydrogens (tertiary/aromatic N) is 3. The number of benzene rings is 1. The SMILES string of the molecule is Cn1ccc2ccc(S(=O)(=O)Nc3cn(CC4CC4)cn3)cc21. The predicted molar refractivity (Wildman–Crippen MR) is 88.7 cm³/mol. The van der Waals surface area contributed by atoms with Gasteiger partial charge in [-0.15, -0.1) is 0 Å². The predicted octanol–water partition coefficient (Wildman–Crippen LogP) is 2.59. The van der Waals surface area contributed by atoms with Gasteiger partial charge in [0.15, 0.2) is 5.82 Å². The number of anilines is 1. The molecule has 7 heteroatoms. The van der Waals surface area contributed by atoms with Crippen LogP contribution < -0.4 is 4.72 Å². The van der Waals surface area contributed by atoms with Crippen LogP contribution in [0.4, 0.5) is 5.82 Å². The number of aromatic nitrogens is 3. The quantitative estimate of drug-likeness (QED) is 0.782. The van der Waals surface area contributed by atoms with Crippen LogP contribution in [0.1, 0.15) is 12.8 Å². The summed E-state index contributed by atoms with van der Waals surface area (Å²) in [7, 11) is -1.74. The summed E-state index contributed by atoms with van der Waals surface area (Å²) in [5.41, 5.74) is 0.882. The molecule has 1 aliphatic carbocycles. The minimum atomic E-state index is -3.64. The first kappa shape index (κ1) is 14.3. The van der Waals surface area contributed by atoms with Crippen molar-refractivity contribution in [1.82, 2.24) is 14.1 Å². The zero-order chi connectivity index (χ0) is 16.0. The number of fused-ring (bicyclic) bond motifs is 1. The number of hydrogen-bond donors (Lipinski definition) is 1. The maximum atomic E-state index is 12.6. The van der Waals surface area contributed by atoms with Crippen molar-refractivity contribution in [3.05, 3.63) is 43.0 Å². The van der Waals surface area contributed by atoms with E-state index in [1.54, 1.807) is 24.7 Å². The van der Waals surface area contributed by atoms with Crippen LogP contribution >= 0.6 is 0 Å². The molecule has 3 aromatic rings. The van der Waals surface area contributed by atoms with Gasteiger partial charge in [-0.25, -0.2) is 13.4 Å². The Kier molecular flexibility index (Phi) is 3.19. The molecule has 2 heterocycles. The minimum Gasteiger partial charge on any atom is -0.351 e. The van der Waals surface area contributed by atoms with Gasteiger partial charge in [-0.05, 0) is 42.3 Å². The summed E-state index contributed by atoms with van der Waals surface area (Å²) in [4.78, 5) is 4.38. The van der Waals surface area contributed by atoms with E-state index in [9.17, 15) is 8.42 Å².